The average molecular weight is 685 g/mol. The minimum atomic E-state index is -0.0108. The predicted octanol–water partition coefficient (Wildman–Crippen LogP) is 14.7. The molecule has 250 valence electrons. The van der Waals surface area contributed by atoms with E-state index in [9.17, 15) is 0 Å². The lowest BCUT2D eigenvalue weighted by atomic mass is 9.75. The number of allylic oxidation sites excluding steroid dienone is 12. The van der Waals surface area contributed by atoms with Crippen LogP contribution < -0.4 is 0 Å². The van der Waals surface area contributed by atoms with Crippen molar-refractivity contribution >= 4 is 75.0 Å². The third-order valence-electron chi connectivity index (χ3n) is 12.7. The quantitative estimate of drug-likeness (QED) is 0.163. The molecule has 0 saturated carbocycles. The van der Waals surface area contributed by atoms with Gasteiger partial charge in [-0.05, 0) is 127 Å². The molecule has 0 aliphatic heterocycles. The molecule has 1 atom stereocenters. The zero-order chi connectivity index (χ0) is 34.6. The lowest BCUT2D eigenvalue weighted by Gasteiger charge is -2.29. The van der Waals surface area contributed by atoms with E-state index in [0.29, 0.717) is 5.92 Å². The second kappa shape index (κ2) is 11.4. The molecule has 4 aliphatic rings. The summed E-state index contributed by atoms with van der Waals surface area (Å²) in [6.45, 7) is 4.89. The third kappa shape index (κ3) is 4.39. The number of thiophene rings is 1. The second-order valence-corrected chi connectivity index (χ2v) is 16.8. The molecular weight excluding hydrogens is 645 g/mol. The number of rotatable bonds is 3. The fourth-order valence-corrected chi connectivity index (χ4v) is 11.4. The SMILES string of the molecule is CC1(C)C2=CC=C(c3c4ccccc4c(C4=CC=C(C5=CC=CCC5)CC4)c4ccccc34)CC2c2cc3c(ccc4c5ccccc5sc34)cc21. The molecule has 1 heteroatoms. The van der Waals surface area contributed by atoms with Crippen molar-refractivity contribution in [3.05, 3.63) is 179 Å². The summed E-state index contributed by atoms with van der Waals surface area (Å²) in [5, 5.41) is 11.0. The first-order valence-corrected chi connectivity index (χ1v) is 19.9. The molecule has 1 unspecified atom stereocenters. The van der Waals surface area contributed by atoms with Crippen LogP contribution in [0, 0.1) is 0 Å². The lowest BCUT2D eigenvalue weighted by molar-refractivity contribution is 0.615. The van der Waals surface area contributed by atoms with E-state index >= 15 is 0 Å². The first-order chi connectivity index (χ1) is 25.5. The van der Waals surface area contributed by atoms with Crippen molar-refractivity contribution in [1.29, 1.82) is 0 Å². The smallest absolute Gasteiger partial charge is 0.0433 e. The minimum absolute atomic E-state index is 0.0108. The summed E-state index contributed by atoms with van der Waals surface area (Å²) < 4.78 is 2.79. The molecule has 0 radical (unpaired) electrons. The van der Waals surface area contributed by atoms with Crippen LogP contribution in [0.1, 0.15) is 74.1 Å². The van der Waals surface area contributed by atoms with Gasteiger partial charge in [0.2, 0.25) is 0 Å². The Balaban J connectivity index is 1.07. The Hall–Kier alpha value is -5.24. The van der Waals surface area contributed by atoms with Gasteiger partial charge in [-0.3, -0.25) is 0 Å². The van der Waals surface area contributed by atoms with E-state index in [1.165, 1.54) is 97.0 Å². The summed E-state index contributed by atoms with van der Waals surface area (Å²) in [6.07, 6.45) is 22.1. The van der Waals surface area contributed by atoms with Crippen molar-refractivity contribution in [3.8, 4) is 0 Å². The summed E-state index contributed by atoms with van der Waals surface area (Å²) >= 11 is 1.95. The number of benzene rings is 6. The monoisotopic (exact) mass is 684 g/mol. The summed E-state index contributed by atoms with van der Waals surface area (Å²) in [5.41, 5.74) is 13.3. The Morgan fingerprint density at radius 1 is 0.558 bits per heavy atom. The first kappa shape index (κ1) is 30.4. The fraction of sp³-hybridized carbons (Fsp3) is 0.176. The second-order valence-electron chi connectivity index (χ2n) is 15.8. The van der Waals surface area contributed by atoms with E-state index in [1.54, 1.807) is 5.57 Å². The average Bonchev–Trinajstić information content (AvgIpc) is 3.68. The molecule has 0 fully saturated rings. The molecular formula is C51H40S. The highest BCUT2D eigenvalue weighted by Crippen LogP contribution is 2.57. The van der Waals surface area contributed by atoms with Gasteiger partial charge in [0.15, 0.2) is 0 Å². The Morgan fingerprint density at radius 2 is 1.19 bits per heavy atom. The van der Waals surface area contributed by atoms with Gasteiger partial charge in [-0.2, -0.15) is 0 Å². The van der Waals surface area contributed by atoms with Gasteiger partial charge in [0.05, 0.1) is 0 Å². The van der Waals surface area contributed by atoms with Gasteiger partial charge in [0, 0.05) is 31.5 Å². The molecule has 7 aromatic rings. The van der Waals surface area contributed by atoms with Crippen LogP contribution >= 0.6 is 11.3 Å². The fourth-order valence-electron chi connectivity index (χ4n) is 10.2. The molecule has 0 N–H and O–H groups in total. The molecule has 0 amide bonds. The summed E-state index contributed by atoms with van der Waals surface area (Å²) in [5.74, 6) is 0.366. The van der Waals surface area contributed by atoms with Gasteiger partial charge >= 0.3 is 0 Å². The Bertz CT molecular complexity index is 2830. The van der Waals surface area contributed by atoms with Crippen molar-refractivity contribution in [3.63, 3.8) is 0 Å². The molecule has 0 bridgehead atoms. The molecule has 0 saturated heterocycles. The standard InChI is InChI=1S/C51H40S/c1-51(2)45-27-25-35(28-43(45)44-30-42-34(29-46(44)51)24-26-41-36-14-10-11-19-47(36)52-50(41)42)49-39-17-8-6-15-37(39)48(38-16-7-9-18-40(38)49)33-22-20-32(21-23-33)31-12-4-3-5-13-31/h3-4,6-12,14-20,22,24-27,29-30,43H,5,13,21,23,28H2,1-2H3. The number of fused-ring (bicyclic) bond motifs is 10. The van der Waals surface area contributed by atoms with Gasteiger partial charge in [-0.15, -0.1) is 11.3 Å². The normalized spacial score (nSPS) is 19.4. The predicted molar refractivity (Wildman–Crippen MR) is 226 cm³/mol. The Morgan fingerprint density at radius 3 is 1.88 bits per heavy atom. The van der Waals surface area contributed by atoms with Crippen LogP contribution in [0.4, 0.5) is 0 Å². The van der Waals surface area contributed by atoms with Crippen molar-refractivity contribution in [2.24, 2.45) is 0 Å². The molecule has 1 aromatic heterocycles. The van der Waals surface area contributed by atoms with E-state index in [2.05, 4.69) is 153 Å². The molecule has 0 spiro atoms. The van der Waals surface area contributed by atoms with Crippen LogP contribution in [0.5, 0.6) is 0 Å². The largest absolute Gasteiger partial charge is 0.135 e. The van der Waals surface area contributed by atoms with Crippen LogP contribution in [-0.4, -0.2) is 0 Å². The summed E-state index contributed by atoms with van der Waals surface area (Å²) in [4.78, 5) is 0. The van der Waals surface area contributed by atoms with Crippen LogP contribution in [0.2, 0.25) is 0 Å². The van der Waals surface area contributed by atoms with Crippen molar-refractivity contribution in [1.82, 2.24) is 0 Å². The van der Waals surface area contributed by atoms with Gasteiger partial charge < -0.3 is 0 Å². The topological polar surface area (TPSA) is 0 Å². The van der Waals surface area contributed by atoms with Crippen molar-refractivity contribution in [2.75, 3.05) is 0 Å². The highest BCUT2D eigenvalue weighted by atomic mass is 32.1. The van der Waals surface area contributed by atoms with Crippen molar-refractivity contribution in [2.45, 2.75) is 57.3 Å². The van der Waals surface area contributed by atoms with E-state index in [0.717, 1.165) is 32.1 Å². The molecule has 52 heavy (non-hydrogen) atoms. The van der Waals surface area contributed by atoms with Crippen LogP contribution in [0.15, 0.2) is 156 Å². The molecule has 4 aliphatic carbocycles. The van der Waals surface area contributed by atoms with Crippen LogP contribution in [0.3, 0.4) is 0 Å². The Kier molecular flexibility index (Phi) is 6.65. The van der Waals surface area contributed by atoms with Gasteiger partial charge in [-0.1, -0.05) is 141 Å². The number of hydrogen-bond acceptors (Lipinski definition) is 1. The minimum Gasteiger partial charge on any atom is -0.135 e. The zero-order valence-electron chi connectivity index (χ0n) is 29.8. The van der Waals surface area contributed by atoms with Gasteiger partial charge in [-0.25, -0.2) is 0 Å². The first-order valence-electron chi connectivity index (χ1n) is 19.0. The zero-order valence-corrected chi connectivity index (χ0v) is 30.6. The lowest BCUT2D eigenvalue weighted by Crippen LogP contribution is -2.17. The van der Waals surface area contributed by atoms with Crippen LogP contribution in [-0.2, 0) is 5.41 Å². The van der Waals surface area contributed by atoms with E-state index in [-0.39, 0.29) is 5.41 Å². The molecule has 1 heterocycles. The maximum atomic E-state index is 2.58. The molecule has 0 nitrogen and oxygen atoms in total. The van der Waals surface area contributed by atoms with E-state index in [4.69, 9.17) is 0 Å². The summed E-state index contributed by atoms with van der Waals surface area (Å²) in [6, 6.07) is 37.1. The molecule has 11 rings (SSSR count). The van der Waals surface area contributed by atoms with Crippen LogP contribution in [0.25, 0.3) is 63.6 Å². The highest BCUT2D eigenvalue weighted by molar-refractivity contribution is 7.26. The van der Waals surface area contributed by atoms with E-state index in [1.807, 2.05) is 11.3 Å². The maximum absolute atomic E-state index is 2.58. The highest BCUT2D eigenvalue weighted by Gasteiger charge is 2.43. The van der Waals surface area contributed by atoms with Gasteiger partial charge in [0.1, 0.15) is 0 Å². The van der Waals surface area contributed by atoms with Gasteiger partial charge in [0.25, 0.3) is 0 Å². The Labute approximate surface area is 309 Å². The summed E-state index contributed by atoms with van der Waals surface area (Å²) in [7, 11) is 0. The maximum Gasteiger partial charge on any atom is 0.0433 e. The van der Waals surface area contributed by atoms with Crippen molar-refractivity contribution < 1.29 is 0 Å². The van der Waals surface area contributed by atoms with E-state index < -0.39 is 0 Å². The number of hydrogen-bond donors (Lipinski definition) is 0. The molecule has 6 aromatic carbocycles. The third-order valence-corrected chi connectivity index (χ3v) is 13.9.